The maximum absolute atomic E-state index is 13.5. The fraction of sp³-hybridized carbons (Fsp3) is 0.455. The zero-order valence-corrected chi connectivity index (χ0v) is 8.64. The maximum atomic E-state index is 13.5. The number of nitrogens with two attached hydrogens (primary N) is 1. The number of ether oxygens (including phenoxy) is 1. The molecule has 0 saturated heterocycles. The van der Waals surface area contributed by atoms with E-state index < -0.39 is 0 Å². The summed E-state index contributed by atoms with van der Waals surface area (Å²) in [5.74, 6) is 0.0977. The van der Waals surface area contributed by atoms with Gasteiger partial charge in [0.25, 0.3) is 0 Å². The van der Waals surface area contributed by atoms with Gasteiger partial charge < -0.3 is 10.5 Å². The lowest BCUT2D eigenvalue weighted by atomic mass is 10.1. The van der Waals surface area contributed by atoms with Gasteiger partial charge >= 0.3 is 0 Å². The lowest BCUT2D eigenvalue weighted by Gasteiger charge is -2.10. The van der Waals surface area contributed by atoms with Crippen LogP contribution in [-0.4, -0.2) is 13.7 Å². The smallest absolute Gasteiger partial charge is 0.168 e. The normalized spacial score (nSPS) is 10.3. The van der Waals surface area contributed by atoms with Crippen molar-refractivity contribution in [2.24, 2.45) is 5.73 Å². The quantitative estimate of drug-likeness (QED) is 0.801. The van der Waals surface area contributed by atoms with Crippen LogP contribution >= 0.6 is 0 Å². The largest absolute Gasteiger partial charge is 0.493 e. The van der Waals surface area contributed by atoms with Crippen LogP contribution in [0.5, 0.6) is 5.75 Å². The highest BCUT2D eigenvalue weighted by Gasteiger charge is 2.10. The molecule has 2 nitrogen and oxygen atoms in total. The van der Waals surface area contributed by atoms with Gasteiger partial charge in [0.1, 0.15) is 0 Å². The third-order valence-corrected chi connectivity index (χ3v) is 2.23. The standard InChI is InChI=1S/C11H16FNO/c1-8-5-6-9(4-3-7-13)11(14-2)10(8)12/h5-6H,3-4,7,13H2,1-2H3. The molecule has 0 radical (unpaired) electrons. The Morgan fingerprint density at radius 1 is 1.43 bits per heavy atom. The summed E-state index contributed by atoms with van der Waals surface area (Å²) in [4.78, 5) is 0. The molecule has 1 rings (SSSR count). The summed E-state index contributed by atoms with van der Waals surface area (Å²) < 4.78 is 18.6. The first kappa shape index (κ1) is 11.0. The first-order valence-corrected chi connectivity index (χ1v) is 4.72. The van der Waals surface area contributed by atoms with E-state index in [4.69, 9.17) is 10.5 Å². The number of halogens is 1. The van der Waals surface area contributed by atoms with Crippen molar-refractivity contribution in [3.63, 3.8) is 0 Å². The monoisotopic (exact) mass is 197 g/mol. The van der Waals surface area contributed by atoms with Crippen LogP contribution in [-0.2, 0) is 6.42 Å². The molecule has 1 aromatic carbocycles. The number of rotatable bonds is 4. The lowest BCUT2D eigenvalue weighted by molar-refractivity contribution is 0.379. The second-order valence-corrected chi connectivity index (χ2v) is 3.28. The predicted molar refractivity (Wildman–Crippen MR) is 55.1 cm³/mol. The second kappa shape index (κ2) is 4.96. The van der Waals surface area contributed by atoms with Crippen molar-refractivity contribution in [1.82, 2.24) is 0 Å². The van der Waals surface area contributed by atoms with Gasteiger partial charge in [-0.3, -0.25) is 0 Å². The van der Waals surface area contributed by atoms with Crippen molar-refractivity contribution >= 4 is 0 Å². The van der Waals surface area contributed by atoms with E-state index in [1.807, 2.05) is 6.07 Å². The van der Waals surface area contributed by atoms with E-state index in [9.17, 15) is 4.39 Å². The van der Waals surface area contributed by atoms with Crippen molar-refractivity contribution in [2.45, 2.75) is 19.8 Å². The van der Waals surface area contributed by atoms with Crippen LogP contribution in [0, 0.1) is 12.7 Å². The summed E-state index contributed by atoms with van der Waals surface area (Å²) in [6, 6.07) is 3.66. The third-order valence-electron chi connectivity index (χ3n) is 2.23. The molecular formula is C11H16FNO. The number of hydrogen-bond donors (Lipinski definition) is 1. The summed E-state index contributed by atoms with van der Waals surface area (Å²) in [6.07, 6.45) is 1.61. The van der Waals surface area contributed by atoms with Gasteiger partial charge in [-0.15, -0.1) is 0 Å². The Balaban J connectivity index is 2.98. The van der Waals surface area contributed by atoms with E-state index in [1.165, 1.54) is 7.11 Å². The van der Waals surface area contributed by atoms with Gasteiger partial charge in [-0.25, -0.2) is 4.39 Å². The molecule has 0 heterocycles. The fourth-order valence-electron chi connectivity index (χ4n) is 1.40. The third kappa shape index (κ3) is 2.23. The highest BCUT2D eigenvalue weighted by molar-refractivity contribution is 5.39. The van der Waals surface area contributed by atoms with Crippen molar-refractivity contribution in [2.75, 3.05) is 13.7 Å². The maximum Gasteiger partial charge on any atom is 0.168 e. The van der Waals surface area contributed by atoms with Crippen LogP contribution in [0.2, 0.25) is 0 Å². The molecule has 0 fully saturated rings. The van der Waals surface area contributed by atoms with E-state index >= 15 is 0 Å². The van der Waals surface area contributed by atoms with Gasteiger partial charge in [-0.05, 0) is 37.4 Å². The molecule has 0 spiro atoms. The van der Waals surface area contributed by atoms with Crippen molar-refractivity contribution in [3.05, 3.63) is 29.1 Å². The Morgan fingerprint density at radius 2 is 2.14 bits per heavy atom. The molecule has 3 heteroatoms. The summed E-state index contributed by atoms with van der Waals surface area (Å²) in [5.41, 5.74) is 6.90. The number of hydrogen-bond acceptors (Lipinski definition) is 2. The Morgan fingerprint density at radius 3 is 2.71 bits per heavy atom. The Bertz CT molecular complexity index is 312. The summed E-state index contributed by atoms with van der Waals surface area (Å²) >= 11 is 0. The minimum Gasteiger partial charge on any atom is -0.493 e. The lowest BCUT2D eigenvalue weighted by Crippen LogP contribution is -2.03. The molecule has 0 aliphatic carbocycles. The molecule has 14 heavy (non-hydrogen) atoms. The summed E-state index contributed by atoms with van der Waals surface area (Å²) in [7, 11) is 1.49. The molecule has 0 aliphatic rings. The zero-order valence-electron chi connectivity index (χ0n) is 8.64. The predicted octanol–water partition coefficient (Wildman–Crippen LogP) is 2.03. The van der Waals surface area contributed by atoms with Gasteiger partial charge in [0, 0.05) is 0 Å². The molecule has 1 aromatic rings. The van der Waals surface area contributed by atoms with Crippen LogP contribution in [0.25, 0.3) is 0 Å². The SMILES string of the molecule is COc1c(CCCN)ccc(C)c1F. The molecule has 0 unspecified atom stereocenters. The van der Waals surface area contributed by atoms with Crippen molar-refractivity contribution < 1.29 is 9.13 Å². The average Bonchev–Trinajstić information content (AvgIpc) is 2.20. The van der Waals surface area contributed by atoms with Gasteiger partial charge in [0.2, 0.25) is 0 Å². The van der Waals surface area contributed by atoms with Gasteiger partial charge in [-0.1, -0.05) is 12.1 Å². The fourth-order valence-corrected chi connectivity index (χ4v) is 1.40. The molecule has 0 aromatic heterocycles. The van der Waals surface area contributed by atoms with E-state index in [0.29, 0.717) is 17.9 Å². The van der Waals surface area contributed by atoms with Crippen LogP contribution in [0.1, 0.15) is 17.5 Å². The number of methoxy groups -OCH3 is 1. The van der Waals surface area contributed by atoms with E-state index in [2.05, 4.69) is 0 Å². The minimum absolute atomic E-state index is 0.262. The average molecular weight is 197 g/mol. The second-order valence-electron chi connectivity index (χ2n) is 3.28. The number of aryl methyl sites for hydroxylation is 2. The molecule has 78 valence electrons. The van der Waals surface area contributed by atoms with E-state index in [-0.39, 0.29) is 5.82 Å². The van der Waals surface area contributed by atoms with Crippen LogP contribution in [0.4, 0.5) is 4.39 Å². The molecular weight excluding hydrogens is 181 g/mol. The Kier molecular flexibility index (Phi) is 3.89. The highest BCUT2D eigenvalue weighted by Crippen LogP contribution is 2.26. The first-order chi connectivity index (χ1) is 6.70. The van der Waals surface area contributed by atoms with Crippen molar-refractivity contribution in [1.29, 1.82) is 0 Å². The molecule has 0 bridgehead atoms. The highest BCUT2D eigenvalue weighted by atomic mass is 19.1. The molecule has 0 amide bonds. The van der Waals surface area contributed by atoms with Gasteiger partial charge in [-0.2, -0.15) is 0 Å². The van der Waals surface area contributed by atoms with E-state index in [1.54, 1.807) is 13.0 Å². The number of benzene rings is 1. The Labute approximate surface area is 83.9 Å². The van der Waals surface area contributed by atoms with Crippen LogP contribution in [0.15, 0.2) is 12.1 Å². The molecule has 2 N–H and O–H groups in total. The zero-order chi connectivity index (χ0) is 10.6. The topological polar surface area (TPSA) is 35.2 Å². The van der Waals surface area contributed by atoms with Crippen LogP contribution < -0.4 is 10.5 Å². The Hall–Kier alpha value is -1.09. The molecule has 0 aliphatic heterocycles. The summed E-state index contributed by atoms with van der Waals surface area (Å²) in [5, 5.41) is 0. The molecule has 0 saturated carbocycles. The van der Waals surface area contributed by atoms with Gasteiger partial charge in [0.15, 0.2) is 11.6 Å². The summed E-state index contributed by atoms with van der Waals surface area (Å²) in [6.45, 7) is 2.34. The van der Waals surface area contributed by atoms with Gasteiger partial charge in [0.05, 0.1) is 7.11 Å². The van der Waals surface area contributed by atoms with Crippen molar-refractivity contribution in [3.8, 4) is 5.75 Å². The first-order valence-electron chi connectivity index (χ1n) is 4.72. The van der Waals surface area contributed by atoms with E-state index in [0.717, 1.165) is 18.4 Å². The van der Waals surface area contributed by atoms with Crippen LogP contribution in [0.3, 0.4) is 0 Å². The molecule has 0 atom stereocenters. The minimum atomic E-state index is -0.262.